The summed E-state index contributed by atoms with van der Waals surface area (Å²) in [5.41, 5.74) is 4.73. The van der Waals surface area contributed by atoms with Gasteiger partial charge in [-0.3, -0.25) is 9.69 Å². The quantitative estimate of drug-likeness (QED) is 0.393. The Bertz CT molecular complexity index is 1410. The van der Waals surface area contributed by atoms with Gasteiger partial charge < -0.3 is 19.2 Å². The maximum Gasteiger partial charge on any atom is 0.252 e. The van der Waals surface area contributed by atoms with Crippen LogP contribution in [0.3, 0.4) is 0 Å². The van der Waals surface area contributed by atoms with Crippen LogP contribution in [0.25, 0.3) is 10.9 Å². The summed E-state index contributed by atoms with van der Waals surface area (Å²) >= 11 is 0. The second kappa shape index (κ2) is 9.85. The van der Waals surface area contributed by atoms with Crippen molar-refractivity contribution in [1.29, 1.82) is 0 Å². The van der Waals surface area contributed by atoms with Crippen molar-refractivity contribution in [1.82, 2.24) is 30.1 Å². The molecule has 0 amide bonds. The lowest BCUT2D eigenvalue weighted by Gasteiger charge is -2.22. The van der Waals surface area contributed by atoms with Gasteiger partial charge in [-0.15, -0.1) is 5.10 Å². The molecule has 0 saturated carbocycles. The minimum atomic E-state index is -0.0964. The molecule has 0 unspecified atom stereocenters. The molecule has 0 atom stereocenters. The van der Waals surface area contributed by atoms with Gasteiger partial charge in [0.25, 0.3) is 5.56 Å². The Morgan fingerprint density at radius 2 is 1.94 bits per heavy atom. The fourth-order valence-electron chi connectivity index (χ4n) is 4.28. The monoisotopic (exact) mass is 476 g/mol. The number of tetrazole rings is 1. The number of nitrogens with zero attached hydrogens (tertiary/aromatic N) is 5. The molecule has 3 heterocycles. The van der Waals surface area contributed by atoms with Gasteiger partial charge in [0, 0.05) is 25.8 Å². The van der Waals surface area contributed by atoms with E-state index in [1.807, 2.05) is 44.2 Å². The van der Waals surface area contributed by atoms with Crippen molar-refractivity contribution in [3.05, 3.63) is 74.8 Å². The highest BCUT2D eigenvalue weighted by Gasteiger charge is 2.18. The van der Waals surface area contributed by atoms with E-state index in [2.05, 4.69) is 31.5 Å². The molecule has 10 nitrogen and oxygen atoms in total. The number of aromatic amines is 1. The average Bonchev–Trinajstić information content (AvgIpc) is 3.50. The highest BCUT2D eigenvalue weighted by molar-refractivity contribution is 5.83. The van der Waals surface area contributed by atoms with Gasteiger partial charge in [0.15, 0.2) is 17.3 Å². The highest BCUT2D eigenvalue weighted by Crippen LogP contribution is 2.33. The van der Waals surface area contributed by atoms with Crippen molar-refractivity contribution in [2.24, 2.45) is 0 Å². The third-order valence-electron chi connectivity index (χ3n) is 6.34. The minimum absolute atomic E-state index is 0.0964. The molecule has 35 heavy (non-hydrogen) atoms. The smallest absolute Gasteiger partial charge is 0.252 e. The molecule has 4 aromatic rings. The summed E-state index contributed by atoms with van der Waals surface area (Å²) in [6.07, 6.45) is 0. The Kier molecular flexibility index (Phi) is 6.47. The molecule has 2 aromatic heterocycles. The Hall–Kier alpha value is -3.76. The van der Waals surface area contributed by atoms with Crippen molar-refractivity contribution < 1.29 is 14.2 Å². The lowest BCUT2D eigenvalue weighted by atomic mass is 10.0. The number of nitrogens with one attached hydrogen (secondary N) is 1. The van der Waals surface area contributed by atoms with Gasteiger partial charge in [-0.1, -0.05) is 18.2 Å². The molecule has 5 rings (SSSR count). The molecule has 0 aliphatic carbocycles. The van der Waals surface area contributed by atoms with Gasteiger partial charge >= 0.3 is 0 Å². The number of H-pyrrole nitrogens is 1. The highest BCUT2D eigenvalue weighted by atomic mass is 16.7. The zero-order valence-corrected chi connectivity index (χ0v) is 20.1. The molecule has 182 valence electrons. The van der Waals surface area contributed by atoms with E-state index in [4.69, 9.17) is 14.2 Å². The van der Waals surface area contributed by atoms with E-state index >= 15 is 0 Å². The summed E-state index contributed by atoms with van der Waals surface area (Å²) in [6, 6.07) is 12.0. The number of aryl methyl sites for hydroxylation is 2. The van der Waals surface area contributed by atoms with Crippen LogP contribution >= 0.6 is 0 Å². The number of rotatable bonds is 9. The summed E-state index contributed by atoms with van der Waals surface area (Å²) in [7, 11) is 1.64. The van der Waals surface area contributed by atoms with Crippen molar-refractivity contribution >= 4 is 10.9 Å². The third-order valence-corrected chi connectivity index (χ3v) is 6.34. The molecule has 1 N–H and O–H groups in total. The summed E-state index contributed by atoms with van der Waals surface area (Å²) in [4.78, 5) is 18.3. The first-order chi connectivity index (χ1) is 17.0. The maximum atomic E-state index is 13.1. The largest absolute Gasteiger partial charge is 0.454 e. The lowest BCUT2D eigenvalue weighted by molar-refractivity contribution is 0.173. The Labute approximate surface area is 202 Å². The van der Waals surface area contributed by atoms with Crippen LogP contribution in [0.5, 0.6) is 11.5 Å². The van der Waals surface area contributed by atoms with E-state index in [-0.39, 0.29) is 12.4 Å². The van der Waals surface area contributed by atoms with Gasteiger partial charge in [-0.2, -0.15) is 0 Å². The van der Waals surface area contributed by atoms with E-state index in [0.717, 1.165) is 39.1 Å². The minimum Gasteiger partial charge on any atom is -0.454 e. The summed E-state index contributed by atoms with van der Waals surface area (Å²) in [5.74, 6) is 2.16. The molecule has 1 aliphatic rings. The summed E-state index contributed by atoms with van der Waals surface area (Å²) in [5, 5.41) is 13.2. The normalized spacial score (nSPS) is 12.7. The molecule has 0 spiro atoms. The third kappa shape index (κ3) is 4.89. The van der Waals surface area contributed by atoms with Crippen LogP contribution in [0.4, 0.5) is 0 Å². The molecule has 10 heteroatoms. The van der Waals surface area contributed by atoms with E-state index in [0.29, 0.717) is 44.2 Å². The predicted octanol–water partition coefficient (Wildman–Crippen LogP) is 2.71. The topological polar surface area (TPSA) is 107 Å². The standard InChI is InChI=1S/C25H28N6O4/c1-16-4-6-19-11-20(25(32)26-24(19)17(16)2)13-30(14-23-27-28-29-31(23)8-9-33-3)12-18-5-7-21-22(10-18)35-15-34-21/h4-7,10-11H,8-9,12-15H2,1-3H3,(H,26,32). The number of pyridine rings is 1. The lowest BCUT2D eigenvalue weighted by Crippen LogP contribution is -2.28. The van der Waals surface area contributed by atoms with Crippen LogP contribution in [-0.4, -0.2) is 50.6 Å². The van der Waals surface area contributed by atoms with Crippen LogP contribution in [0.2, 0.25) is 0 Å². The number of hydrogen-bond acceptors (Lipinski definition) is 8. The number of ether oxygens (including phenoxy) is 3. The fourth-order valence-corrected chi connectivity index (χ4v) is 4.28. The molecular weight excluding hydrogens is 448 g/mol. The first-order valence-electron chi connectivity index (χ1n) is 11.5. The first-order valence-corrected chi connectivity index (χ1v) is 11.5. The molecule has 0 bridgehead atoms. The molecule has 1 aliphatic heterocycles. The van der Waals surface area contributed by atoms with Crippen LogP contribution < -0.4 is 15.0 Å². The Morgan fingerprint density at radius 1 is 1.09 bits per heavy atom. The van der Waals surface area contributed by atoms with Crippen molar-refractivity contribution in [2.45, 2.75) is 40.0 Å². The molecule has 0 fully saturated rings. The number of methoxy groups -OCH3 is 1. The second-order valence-corrected chi connectivity index (χ2v) is 8.74. The molecule has 0 saturated heterocycles. The van der Waals surface area contributed by atoms with Crippen molar-refractivity contribution in [2.75, 3.05) is 20.5 Å². The van der Waals surface area contributed by atoms with Crippen LogP contribution in [0.15, 0.2) is 41.2 Å². The zero-order valence-electron chi connectivity index (χ0n) is 20.1. The van der Waals surface area contributed by atoms with Crippen LogP contribution in [0, 0.1) is 13.8 Å². The van der Waals surface area contributed by atoms with E-state index in [1.165, 1.54) is 0 Å². The van der Waals surface area contributed by atoms with E-state index in [9.17, 15) is 4.79 Å². The number of fused-ring (bicyclic) bond motifs is 2. The number of benzene rings is 2. The molecular formula is C25H28N6O4. The van der Waals surface area contributed by atoms with Gasteiger partial charge in [-0.25, -0.2) is 4.68 Å². The van der Waals surface area contributed by atoms with E-state index in [1.54, 1.807) is 11.8 Å². The van der Waals surface area contributed by atoms with Crippen molar-refractivity contribution in [3.8, 4) is 11.5 Å². The number of aromatic nitrogens is 5. The van der Waals surface area contributed by atoms with Crippen LogP contribution in [0.1, 0.15) is 28.1 Å². The second-order valence-electron chi connectivity index (χ2n) is 8.74. The molecule has 0 radical (unpaired) electrons. The van der Waals surface area contributed by atoms with Gasteiger partial charge in [0.1, 0.15) is 0 Å². The van der Waals surface area contributed by atoms with Gasteiger partial charge in [-0.05, 0) is 64.5 Å². The van der Waals surface area contributed by atoms with E-state index < -0.39 is 0 Å². The maximum absolute atomic E-state index is 13.1. The zero-order chi connectivity index (χ0) is 24.4. The predicted molar refractivity (Wildman–Crippen MR) is 129 cm³/mol. The Balaban J connectivity index is 1.46. The summed E-state index contributed by atoms with van der Waals surface area (Å²) < 4.78 is 17.9. The Morgan fingerprint density at radius 3 is 2.80 bits per heavy atom. The fraction of sp³-hybridized carbons (Fsp3) is 0.360. The van der Waals surface area contributed by atoms with Gasteiger partial charge in [0.2, 0.25) is 6.79 Å². The first kappa shape index (κ1) is 23.0. The SMILES string of the molecule is COCCn1nnnc1CN(Cc1ccc2c(c1)OCO2)Cc1cc2ccc(C)c(C)c2[nH]c1=O. The van der Waals surface area contributed by atoms with Crippen LogP contribution in [-0.2, 0) is 30.9 Å². The molecule has 2 aromatic carbocycles. The average molecular weight is 477 g/mol. The van der Waals surface area contributed by atoms with Crippen molar-refractivity contribution in [3.63, 3.8) is 0 Å². The summed E-state index contributed by atoms with van der Waals surface area (Å²) in [6.45, 7) is 6.79. The number of hydrogen-bond donors (Lipinski definition) is 1. The van der Waals surface area contributed by atoms with Gasteiger partial charge in [0.05, 0.1) is 25.2 Å².